The summed E-state index contributed by atoms with van der Waals surface area (Å²) in [6.45, 7) is 1.58. The van der Waals surface area contributed by atoms with Crippen LogP contribution in [0, 0.1) is 17.0 Å². The molecule has 8 nitrogen and oxygen atoms in total. The van der Waals surface area contributed by atoms with E-state index in [2.05, 4.69) is 4.99 Å². The molecule has 1 aliphatic rings. The molecule has 2 aromatic carbocycles. The second-order valence-corrected chi connectivity index (χ2v) is 5.65. The van der Waals surface area contributed by atoms with E-state index in [9.17, 15) is 14.9 Å². The molecule has 138 valence electrons. The van der Waals surface area contributed by atoms with E-state index < -0.39 is 10.9 Å². The monoisotopic (exact) mass is 368 g/mol. The number of ether oxygens (including phenoxy) is 3. The highest BCUT2D eigenvalue weighted by molar-refractivity contribution is 6.13. The molecule has 0 spiro atoms. The van der Waals surface area contributed by atoms with Gasteiger partial charge < -0.3 is 14.2 Å². The number of nitro groups is 1. The summed E-state index contributed by atoms with van der Waals surface area (Å²) < 4.78 is 15.7. The van der Waals surface area contributed by atoms with Gasteiger partial charge in [0, 0.05) is 28.8 Å². The first-order valence-corrected chi connectivity index (χ1v) is 7.93. The summed E-state index contributed by atoms with van der Waals surface area (Å²) in [5.74, 6) is 0.498. The molecule has 0 N–H and O–H groups in total. The van der Waals surface area contributed by atoms with Gasteiger partial charge in [0.2, 0.25) is 5.90 Å². The summed E-state index contributed by atoms with van der Waals surface area (Å²) in [5, 5.41) is 11.1. The van der Waals surface area contributed by atoms with E-state index in [0.29, 0.717) is 28.2 Å². The van der Waals surface area contributed by atoms with Crippen molar-refractivity contribution < 1.29 is 23.9 Å². The van der Waals surface area contributed by atoms with Gasteiger partial charge in [0.25, 0.3) is 5.69 Å². The van der Waals surface area contributed by atoms with Crippen LogP contribution in [-0.2, 0) is 9.53 Å². The van der Waals surface area contributed by atoms with Crippen molar-refractivity contribution in [2.24, 2.45) is 4.99 Å². The summed E-state index contributed by atoms with van der Waals surface area (Å²) in [4.78, 5) is 27.0. The molecule has 0 aromatic heterocycles. The fourth-order valence-corrected chi connectivity index (χ4v) is 2.66. The number of rotatable bonds is 5. The van der Waals surface area contributed by atoms with Crippen LogP contribution in [0.2, 0.25) is 0 Å². The van der Waals surface area contributed by atoms with Crippen LogP contribution in [0.3, 0.4) is 0 Å². The molecule has 27 heavy (non-hydrogen) atoms. The molecular formula is C19H16N2O6. The van der Waals surface area contributed by atoms with Crippen molar-refractivity contribution in [1.29, 1.82) is 0 Å². The maximum atomic E-state index is 12.2. The number of carbonyl (C=O) groups is 1. The van der Waals surface area contributed by atoms with E-state index in [-0.39, 0.29) is 17.3 Å². The highest BCUT2D eigenvalue weighted by Crippen LogP contribution is 2.29. The Bertz CT molecular complexity index is 994. The van der Waals surface area contributed by atoms with Crippen LogP contribution in [-0.4, -0.2) is 31.0 Å². The summed E-state index contributed by atoms with van der Waals surface area (Å²) in [5.41, 5.74) is 1.38. The van der Waals surface area contributed by atoms with Crippen LogP contribution < -0.4 is 9.47 Å². The van der Waals surface area contributed by atoms with Gasteiger partial charge in [-0.15, -0.1) is 0 Å². The number of aliphatic imine (C=N–C) groups is 1. The molecule has 0 fully saturated rings. The number of hydrogen-bond donors (Lipinski definition) is 0. The molecule has 0 aliphatic carbocycles. The molecule has 0 bridgehead atoms. The average Bonchev–Trinajstić information content (AvgIpc) is 3.02. The molecule has 1 heterocycles. The smallest absolute Gasteiger partial charge is 0.363 e. The first kappa shape index (κ1) is 18.1. The number of cyclic esters (lactones) is 1. The Morgan fingerprint density at radius 2 is 1.96 bits per heavy atom. The lowest BCUT2D eigenvalue weighted by molar-refractivity contribution is -0.385. The average molecular weight is 368 g/mol. The fourth-order valence-electron chi connectivity index (χ4n) is 2.66. The minimum Gasteiger partial charge on any atom is -0.497 e. The second-order valence-electron chi connectivity index (χ2n) is 5.65. The molecule has 0 radical (unpaired) electrons. The van der Waals surface area contributed by atoms with Gasteiger partial charge in [-0.3, -0.25) is 10.1 Å². The number of esters is 1. The minimum absolute atomic E-state index is 0.0277. The molecule has 0 unspecified atom stereocenters. The fraction of sp³-hybridized carbons (Fsp3) is 0.158. The van der Waals surface area contributed by atoms with Gasteiger partial charge in [0.15, 0.2) is 5.70 Å². The zero-order chi connectivity index (χ0) is 19.6. The molecule has 1 aliphatic heterocycles. The van der Waals surface area contributed by atoms with Crippen molar-refractivity contribution in [3.05, 3.63) is 68.9 Å². The zero-order valence-corrected chi connectivity index (χ0v) is 14.9. The van der Waals surface area contributed by atoms with Gasteiger partial charge in [0.1, 0.15) is 11.5 Å². The van der Waals surface area contributed by atoms with Crippen molar-refractivity contribution >= 4 is 23.6 Å². The summed E-state index contributed by atoms with van der Waals surface area (Å²) in [6.07, 6.45) is 1.53. The van der Waals surface area contributed by atoms with Gasteiger partial charge in [-0.2, -0.15) is 0 Å². The van der Waals surface area contributed by atoms with Crippen LogP contribution in [0.4, 0.5) is 5.69 Å². The zero-order valence-electron chi connectivity index (χ0n) is 14.9. The van der Waals surface area contributed by atoms with Crippen LogP contribution in [0.5, 0.6) is 11.5 Å². The van der Waals surface area contributed by atoms with Crippen LogP contribution in [0.1, 0.15) is 16.7 Å². The Hall–Kier alpha value is -3.68. The Balaban J connectivity index is 2.02. The number of benzene rings is 2. The predicted octanol–water partition coefficient (Wildman–Crippen LogP) is 3.26. The first-order valence-electron chi connectivity index (χ1n) is 7.93. The molecule has 2 aromatic rings. The summed E-state index contributed by atoms with van der Waals surface area (Å²) >= 11 is 0. The third kappa shape index (κ3) is 3.50. The highest BCUT2D eigenvalue weighted by atomic mass is 16.6. The van der Waals surface area contributed by atoms with Crippen molar-refractivity contribution in [1.82, 2.24) is 0 Å². The Kier molecular flexibility index (Phi) is 4.89. The number of hydrogen-bond acceptors (Lipinski definition) is 7. The molecule has 0 saturated heterocycles. The quantitative estimate of drug-likeness (QED) is 0.347. The van der Waals surface area contributed by atoms with E-state index in [4.69, 9.17) is 14.2 Å². The van der Waals surface area contributed by atoms with Crippen molar-refractivity contribution in [3.63, 3.8) is 0 Å². The number of nitrogens with zero attached hydrogens (tertiary/aromatic N) is 2. The van der Waals surface area contributed by atoms with Gasteiger partial charge in [0.05, 0.1) is 19.1 Å². The molecule has 0 atom stereocenters. The lowest BCUT2D eigenvalue weighted by Gasteiger charge is -2.07. The van der Waals surface area contributed by atoms with Crippen LogP contribution >= 0.6 is 0 Å². The van der Waals surface area contributed by atoms with Gasteiger partial charge >= 0.3 is 5.97 Å². The second kappa shape index (κ2) is 7.28. The van der Waals surface area contributed by atoms with E-state index in [1.807, 2.05) is 0 Å². The van der Waals surface area contributed by atoms with Crippen LogP contribution in [0.15, 0.2) is 47.1 Å². The normalized spacial score (nSPS) is 14.7. The van der Waals surface area contributed by atoms with Crippen molar-refractivity contribution in [2.75, 3.05) is 14.2 Å². The Morgan fingerprint density at radius 1 is 1.19 bits per heavy atom. The number of methoxy groups -OCH3 is 2. The predicted molar refractivity (Wildman–Crippen MR) is 98.0 cm³/mol. The maximum Gasteiger partial charge on any atom is 0.363 e. The minimum atomic E-state index is -0.645. The van der Waals surface area contributed by atoms with Crippen LogP contribution in [0.25, 0.3) is 6.08 Å². The molecule has 0 amide bonds. The van der Waals surface area contributed by atoms with E-state index in [1.165, 1.54) is 25.3 Å². The topological polar surface area (TPSA) is 100 Å². The lowest BCUT2D eigenvalue weighted by Crippen LogP contribution is -2.08. The third-order valence-corrected chi connectivity index (χ3v) is 4.09. The Morgan fingerprint density at radius 3 is 2.63 bits per heavy atom. The van der Waals surface area contributed by atoms with Gasteiger partial charge in [-0.25, -0.2) is 9.79 Å². The molecule has 0 saturated carbocycles. The van der Waals surface area contributed by atoms with Gasteiger partial charge in [-0.05, 0) is 31.2 Å². The van der Waals surface area contributed by atoms with E-state index in [1.54, 1.807) is 38.3 Å². The highest BCUT2D eigenvalue weighted by Gasteiger charge is 2.27. The van der Waals surface area contributed by atoms with Crippen molar-refractivity contribution in [2.45, 2.75) is 6.92 Å². The largest absolute Gasteiger partial charge is 0.497 e. The number of nitro benzene ring substituents is 1. The maximum absolute atomic E-state index is 12.2. The van der Waals surface area contributed by atoms with Crippen molar-refractivity contribution in [3.8, 4) is 11.5 Å². The molecule has 8 heteroatoms. The standard InChI is InChI=1S/C19H16N2O6/c1-11-14(5-4-6-16(11)21(23)24)18-20-15(19(22)27-18)9-12-7-8-13(25-2)10-17(12)26-3/h4-10H,1-3H3/b15-9+. The van der Waals surface area contributed by atoms with Gasteiger partial charge in [-0.1, -0.05) is 6.07 Å². The van der Waals surface area contributed by atoms with E-state index >= 15 is 0 Å². The lowest BCUT2D eigenvalue weighted by atomic mass is 10.1. The molecular weight excluding hydrogens is 352 g/mol. The number of carbonyl (C=O) groups excluding carboxylic acids is 1. The Labute approximate surface area is 154 Å². The first-order chi connectivity index (χ1) is 12.9. The summed E-state index contributed by atoms with van der Waals surface area (Å²) in [6, 6.07) is 9.65. The summed E-state index contributed by atoms with van der Waals surface area (Å²) in [7, 11) is 3.05. The SMILES string of the molecule is COc1ccc(/C=C2/N=C(c3cccc([N+](=O)[O-])c3C)OC2=O)c(OC)c1. The third-order valence-electron chi connectivity index (χ3n) is 4.09. The molecule has 3 rings (SSSR count). The van der Waals surface area contributed by atoms with E-state index in [0.717, 1.165) is 0 Å².